The molecule has 0 bridgehead atoms. The van der Waals surface area contributed by atoms with Crippen molar-refractivity contribution in [3.63, 3.8) is 0 Å². The van der Waals surface area contributed by atoms with E-state index in [0.29, 0.717) is 44.5 Å². The number of nitrogens with zero attached hydrogens (tertiary/aromatic N) is 4. The lowest BCUT2D eigenvalue weighted by atomic mass is 9.76. The molecule has 0 amide bonds. The molecule has 3 heterocycles. The maximum absolute atomic E-state index is 15.6. The van der Waals surface area contributed by atoms with Gasteiger partial charge in [-0.25, -0.2) is 28.1 Å². The number of ketones is 1. The van der Waals surface area contributed by atoms with Gasteiger partial charge in [0.15, 0.2) is 12.4 Å². The molecule has 1 aliphatic carbocycles. The van der Waals surface area contributed by atoms with Crippen LogP contribution in [0.5, 0.6) is 5.88 Å². The number of carbonyl (C=O) groups excluding carboxylic acids is 1. The third-order valence-electron chi connectivity index (χ3n) is 7.51. The molecule has 1 fully saturated rings. The molecule has 2 aromatic heterocycles. The summed E-state index contributed by atoms with van der Waals surface area (Å²) in [5.74, 6) is -1.73. The number of pyridine rings is 1. The number of aromatic nitrogens is 3. The van der Waals surface area contributed by atoms with Crippen LogP contribution in [0.2, 0.25) is 0 Å². The van der Waals surface area contributed by atoms with E-state index >= 15 is 4.39 Å². The number of rotatable bonds is 10. The van der Waals surface area contributed by atoms with Crippen molar-refractivity contribution in [1.29, 1.82) is 0 Å². The van der Waals surface area contributed by atoms with Crippen LogP contribution in [0.4, 0.5) is 13.2 Å². The fourth-order valence-corrected chi connectivity index (χ4v) is 5.15. The summed E-state index contributed by atoms with van der Waals surface area (Å²) in [5, 5.41) is 0. The van der Waals surface area contributed by atoms with E-state index in [0.717, 1.165) is 56.1 Å². The number of carbonyl (C=O) groups is 1. The third-order valence-corrected chi connectivity index (χ3v) is 7.51. The summed E-state index contributed by atoms with van der Waals surface area (Å²) in [6.45, 7) is 4.16. The average Bonchev–Trinajstić information content (AvgIpc) is 3.09. The van der Waals surface area contributed by atoms with Crippen LogP contribution < -0.4 is 4.74 Å². The van der Waals surface area contributed by atoms with Gasteiger partial charge < -0.3 is 9.64 Å². The lowest BCUT2D eigenvalue weighted by molar-refractivity contribution is -0.116. The number of alkyl halides is 3. The number of fused-ring (bicyclic) bond motifs is 1. The minimum absolute atomic E-state index is 0.0524. The summed E-state index contributed by atoms with van der Waals surface area (Å²) in [6, 6.07) is 3.55. The number of hydrogen-bond acceptors (Lipinski definition) is 6. The number of ether oxygens (including phenoxy) is 1. The number of halogens is 3. The first-order valence-electron chi connectivity index (χ1n) is 13.5. The fraction of sp³-hybridized carbons (Fsp3) is 0.586. The summed E-state index contributed by atoms with van der Waals surface area (Å²) in [5.41, 5.74) is 1.55. The molecule has 1 saturated carbocycles. The first kappa shape index (κ1) is 28.2. The quantitative estimate of drug-likeness (QED) is 0.374. The Hall–Kier alpha value is -2.81. The molecule has 0 unspecified atom stereocenters. The summed E-state index contributed by atoms with van der Waals surface area (Å²) in [4.78, 5) is 27.4. The van der Waals surface area contributed by atoms with Crippen LogP contribution in [0.15, 0.2) is 30.6 Å². The lowest BCUT2D eigenvalue weighted by Gasteiger charge is -2.35. The van der Waals surface area contributed by atoms with E-state index in [2.05, 4.69) is 19.9 Å². The molecule has 0 radical (unpaired) electrons. The monoisotopic (exact) mass is 530 g/mol. The molecule has 0 atom stereocenters. The fourth-order valence-electron chi connectivity index (χ4n) is 5.15. The Labute approximate surface area is 222 Å². The van der Waals surface area contributed by atoms with Crippen LogP contribution in [0, 0.1) is 12.8 Å². The van der Waals surface area contributed by atoms with Crippen LogP contribution >= 0.6 is 0 Å². The molecule has 9 heteroatoms. The summed E-state index contributed by atoms with van der Waals surface area (Å²) >= 11 is 0. The van der Waals surface area contributed by atoms with Gasteiger partial charge in [0.1, 0.15) is 11.5 Å². The Bertz CT molecular complexity index is 1110. The predicted octanol–water partition coefficient (Wildman–Crippen LogP) is 5.58. The predicted molar refractivity (Wildman–Crippen MR) is 140 cm³/mol. The molecule has 206 valence electrons. The van der Waals surface area contributed by atoms with Gasteiger partial charge in [0, 0.05) is 69.1 Å². The zero-order valence-corrected chi connectivity index (χ0v) is 22.3. The Morgan fingerprint density at radius 1 is 1.18 bits per heavy atom. The molecular weight excluding hydrogens is 493 g/mol. The maximum Gasteiger partial charge on any atom is 0.278 e. The van der Waals surface area contributed by atoms with Crippen molar-refractivity contribution >= 4 is 11.9 Å². The van der Waals surface area contributed by atoms with E-state index in [4.69, 9.17) is 4.74 Å². The van der Waals surface area contributed by atoms with Crippen LogP contribution in [-0.4, -0.2) is 63.5 Å². The minimum atomic E-state index is -2.91. The topological polar surface area (TPSA) is 68.2 Å². The van der Waals surface area contributed by atoms with Gasteiger partial charge in [0.25, 0.3) is 5.92 Å². The largest absolute Gasteiger partial charge is 0.471 e. The minimum Gasteiger partial charge on any atom is -0.471 e. The zero-order chi connectivity index (χ0) is 27.2. The smallest absolute Gasteiger partial charge is 0.278 e. The second kappa shape index (κ2) is 12.4. The van der Waals surface area contributed by atoms with E-state index in [1.807, 2.05) is 13.0 Å². The Kier molecular flexibility index (Phi) is 9.18. The van der Waals surface area contributed by atoms with Gasteiger partial charge in [-0.15, -0.1) is 0 Å². The number of hydrogen-bond donors (Lipinski definition) is 0. The molecule has 38 heavy (non-hydrogen) atoms. The zero-order valence-electron chi connectivity index (χ0n) is 22.3. The number of allylic oxidation sites excluding steroid dienone is 1. The lowest BCUT2D eigenvalue weighted by Crippen LogP contribution is -2.36. The van der Waals surface area contributed by atoms with Crippen LogP contribution in [0.25, 0.3) is 6.08 Å². The molecule has 2 aliphatic rings. The van der Waals surface area contributed by atoms with Gasteiger partial charge in [-0.3, -0.25) is 4.79 Å². The molecule has 0 aromatic carbocycles. The van der Waals surface area contributed by atoms with E-state index in [9.17, 15) is 13.6 Å². The van der Waals surface area contributed by atoms with Crippen molar-refractivity contribution in [3.05, 3.63) is 53.2 Å². The standard InChI is InChI=1S/C29H37F3N4O2/c1-21-33-18-23(19-34-21)3-5-25(37)17-22-7-11-29(32,12-8-22)13-16-36-14-9-24-4-6-27(35-26(24)10-15-36)38-20-28(2,30)31/h3-6,18-19,22H,7-17,20H2,1-2H3/b5-3+. The van der Waals surface area contributed by atoms with E-state index in [1.54, 1.807) is 30.6 Å². The molecule has 2 aromatic rings. The van der Waals surface area contributed by atoms with Crippen molar-refractivity contribution in [2.75, 3.05) is 26.2 Å². The molecule has 4 rings (SSSR count). The normalized spacial score (nSPS) is 22.7. The van der Waals surface area contributed by atoms with E-state index in [1.165, 1.54) is 0 Å². The molecule has 0 spiro atoms. The van der Waals surface area contributed by atoms with E-state index < -0.39 is 18.2 Å². The van der Waals surface area contributed by atoms with E-state index in [-0.39, 0.29) is 17.6 Å². The Morgan fingerprint density at radius 3 is 2.61 bits per heavy atom. The van der Waals surface area contributed by atoms with Crippen molar-refractivity contribution in [1.82, 2.24) is 19.9 Å². The Morgan fingerprint density at radius 2 is 1.89 bits per heavy atom. The maximum atomic E-state index is 15.6. The number of aryl methyl sites for hydroxylation is 1. The van der Waals surface area contributed by atoms with Crippen molar-refractivity contribution in [2.24, 2.45) is 5.92 Å². The van der Waals surface area contributed by atoms with Crippen molar-refractivity contribution < 1.29 is 22.7 Å². The third kappa shape index (κ3) is 8.61. The molecule has 6 nitrogen and oxygen atoms in total. The van der Waals surface area contributed by atoms with Gasteiger partial charge in [-0.05, 0) is 69.1 Å². The average molecular weight is 531 g/mol. The SMILES string of the molecule is Cc1ncc(/C=C/C(=O)CC2CCC(F)(CCN3CCc4ccc(OCC(C)(F)F)nc4CC3)CC2)cn1. The van der Waals surface area contributed by atoms with Crippen LogP contribution in [0.3, 0.4) is 0 Å². The molecule has 1 aliphatic heterocycles. The Balaban J connectivity index is 1.19. The summed E-state index contributed by atoms with van der Waals surface area (Å²) in [7, 11) is 0. The molecule has 0 saturated heterocycles. The van der Waals surface area contributed by atoms with Gasteiger partial charge in [-0.2, -0.15) is 0 Å². The molecule has 0 N–H and O–H groups in total. The summed E-state index contributed by atoms with van der Waals surface area (Å²) in [6.07, 6.45) is 11.5. The second-order valence-electron chi connectivity index (χ2n) is 10.9. The summed E-state index contributed by atoms with van der Waals surface area (Å²) < 4.78 is 47.0. The van der Waals surface area contributed by atoms with Gasteiger partial charge in [-0.1, -0.05) is 6.07 Å². The van der Waals surface area contributed by atoms with Crippen molar-refractivity contribution in [3.8, 4) is 5.88 Å². The van der Waals surface area contributed by atoms with Gasteiger partial charge >= 0.3 is 0 Å². The highest BCUT2D eigenvalue weighted by molar-refractivity contribution is 5.93. The first-order chi connectivity index (χ1) is 18.1. The second-order valence-corrected chi connectivity index (χ2v) is 10.9. The van der Waals surface area contributed by atoms with Crippen LogP contribution in [-0.2, 0) is 17.6 Å². The highest BCUT2D eigenvalue weighted by Crippen LogP contribution is 2.39. The molecular formula is C29H37F3N4O2. The first-order valence-corrected chi connectivity index (χ1v) is 13.5. The highest BCUT2D eigenvalue weighted by Gasteiger charge is 2.36. The highest BCUT2D eigenvalue weighted by atomic mass is 19.3. The van der Waals surface area contributed by atoms with Crippen molar-refractivity contribution in [2.45, 2.75) is 76.8 Å². The van der Waals surface area contributed by atoms with Gasteiger partial charge in [0.2, 0.25) is 5.88 Å². The van der Waals surface area contributed by atoms with Gasteiger partial charge in [0.05, 0.1) is 0 Å². The van der Waals surface area contributed by atoms with Crippen LogP contribution in [0.1, 0.15) is 68.1 Å².